The summed E-state index contributed by atoms with van der Waals surface area (Å²) < 4.78 is 6.32. The molecule has 0 N–H and O–H groups in total. The molecule has 1 saturated heterocycles. The second kappa shape index (κ2) is 9.59. The van der Waals surface area contributed by atoms with Crippen LogP contribution in [0.3, 0.4) is 0 Å². The van der Waals surface area contributed by atoms with Crippen LogP contribution >= 0.6 is 0 Å². The predicted molar refractivity (Wildman–Crippen MR) is 136 cm³/mol. The fourth-order valence-corrected chi connectivity index (χ4v) is 5.14. The molecule has 5 rings (SSSR count). The summed E-state index contributed by atoms with van der Waals surface area (Å²) in [5, 5.41) is 0. The Hall–Kier alpha value is -4.18. The number of carbonyl (C=O) groups excluding carboxylic acids is 2. The Morgan fingerprint density at radius 3 is 1.71 bits per heavy atom. The summed E-state index contributed by atoms with van der Waals surface area (Å²) in [5.74, 6) is -0.719. The van der Waals surface area contributed by atoms with Crippen LogP contribution in [0.15, 0.2) is 121 Å². The summed E-state index contributed by atoms with van der Waals surface area (Å²) in [6, 6.07) is 38.1. The first kappa shape index (κ1) is 22.6. The molecule has 0 saturated carbocycles. The lowest BCUT2D eigenvalue weighted by atomic mass is 9.77. The highest BCUT2D eigenvalue weighted by atomic mass is 16.6. The number of ether oxygens (including phenoxy) is 1. The fraction of sp³-hybridized carbons (Fsp3) is 0.161. The first-order chi connectivity index (χ1) is 17.2. The number of carbonyl (C=O) groups is 2. The lowest BCUT2D eigenvalue weighted by molar-refractivity contribution is -0.131. The zero-order chi connectivity index (χ0) is 24.3. The zero-order valence-corrected chi connectivity index (χ0v) is 19.6. The highest BCUT2D eigenvalue weighted by Gasteiger charge is 2.59. The molecule has 0 radical (unpaired) electrons. The van der Waals surface area contributed by atoms with Crippen LogP contribution in [-0.2, 0) is 15.1 Å². The number of benzene rings is 4. The number of cyclic esters (lactones) is 1. The molecule has 1 aliphatic rings. The zero-order valence-electron chi connectivity index (χ0n) is 19.6. The smallest absolute Gasteiger partial charge is 0.418 e. The van der Waals surface area contributed by atoms with E-state index in [9.17, 15) is 9.59 Å². The van der Waals surface area contributed by atoms with Crippen LogP contribution in [-0.4, -0.2) is 16.9 Å². The number of nitrogens with zero attached hydrogens (tertiary/aromatic N) is 1. The van der Waals surface area contributed by atoms with Crippen molar-refractivity contribution in [3.8, 4) is 0 Å². The van der Waals surface area contributed by atoms with Crippen molar-refractivity contribution in [3.63, 3.8) is 0 Å². The van der Waals surface area contributed by atoms with E-state index >= 15 is 0 Å². The van der Waals surface area contributed by atoms with Gasteiger partial charge in [0, 0.05) is 11.1 Å². The summed E-state index contributed by atoms with van der Waals surface area (Å²) in [7, 11) is 0. The molecule has 0 spiro atoms. The van der Waals surface area contributed by atoms with Crippen molar-refractivity contribution < 1.29 is 14.3 Å². The van der Waals surface area contributed by atoms with E-state index in [0.29, 0.717) is 6.42 Å². The van der Waals surface area contributed by atoms with Crippen molar-refractivity contribution in [1.29, 1.82) is 0 Å². The van der Waals surface area contributed by atoms with Crippen LogP contribution in [0.25, 0.3) is 0 Å². The maximum absolute atomic E-state index is 14.1. The Labute approximate surface area is 205 Å². The molecule has 1 heterocycles. The number of hydrogen-bond donors (Lipinski definition) is 0. The van der Waals surface area contributed by atoms with E-state index in [4.69, 9.17) is 4.74 Å². The molecule has 0 aromatic heterocycles. The fourth-order valence-electron chi connectivity index (χ4n) is 5.14. The first-order valence-corrected chi connectivity index (χ1v) is 11.9. The van der Waals surface area contributed by atoms with E-state index < -0.39 is 23.7 Å². The molecule has 0 bridgehead atoms. The van der Waals surface area contributed by atoms with E-state index in [2.05, 4.69) is 0 Å². The summed E-state index contributed by atoms with van der Waals surface area (Å²) in [6.07, 6.45) is -0.0661. The van der Waals surface area contributed by atoms with Gasteiger partial charge in [-0.15, -0.1) is 0 Å². The van der Waals surface area contributed by atoms with E-state index in [0.717, 1.165) is 22.3 Å². The molecule has 4 nitrogen and oxygen atoms in total. The third kappa shape index (κ3) is 3.91. The van der Waals surface area contributed by atoms with Crippen LogP contribution in [0, 0.1) is 0 Å². The highest BCUT2D eigenvalue weighted by Crippen LogP contribution is 2.53. The highest BCUT2D eigenvalue weighted by molar-refractivity contribution is 5.98. The SMILES string of the molecule is CC[C@H](C(=O)N1C(=O)OC(c2ccccc2)(c2ccccc2)[C@@H]1c1ccccc1)c1ccccc1. The molecule has 174 valence electrons. The third-order valence-electron chi connectivity index (χ3n) is 6.75. The molecule has 0 aliphatic carbocycles. The Bertz CT molecular complexity index is 1250. The molecular formula is C31H27NO3. The Balaban J connectivity index is 1.73. The predicted octanol–water partition coefficient (Wildman–Crippen LogP) is 6.84. The second-order valence-corrected chi connectivity index (χ2v) is 8.73. The van der Waals surface area contributed by atoms with E-state index in [1.807, 2.05) is 128 Å². The first-order valence-electron chi connectivity index (χ1n) is 11.9. The maximum atomic E-state index is 14.1. The molecule has 4 heteroatoms. The molecule has 1 aliphatic heterocycles. The van der Waals surface area contributed by atoms with Crippen molar-refractivity contribution >= 4 is 12.0 Å². The lowest BCUT2D eigenvalue weighted by Gasteiger charge is -2.36. The van der Waals surface area contributed by atoms with Crippen molar-refractivity contribution in [2.24, 2.45) is 0 Å². The summed E-state index contributed by atoms with van der Waals surface area (Å²) in [5.41, 5.74) is 2.16. The normalized spacial score (nSPS) is 17.6. The largest absolute Gasteiger partial charge is 0.430 e. The van der Waals surface area contributed by atoms with Gasteiger partial charge >= 0.3 is 6.09 Å². The molecule has 2 amide bonds. The van der Waals surface area contributed by atoms with Gasteiger partial charge in [0.1, 0.15) is 6.04 Å². The van der Waals surface area contributed by atoms with Gasteiger partial charge in [0.15, 0.2) is 5.60 Å². The lowest BCUT2D eigenvalue weighted by Crippen LogP contribution is -2.42. The summed E-state index contributed by atoms with van der Waals surface area (Å²) in [4.78, 5) is 29.2. The molecule has 0 unspecified atom stereocenters. The van der Waals surface area contributed by atoms with E-state index in [1.165, 1.54) is 4.90 Å². The maximum Gasteiger partial charge on any atom is 0.418 e. The average Bonchev–Trinajstić information content (AvgIpc) is 3.25. The summed E-state index contributed by atoms with van der Waals surface area (Å²) in [6.45, 7) is 1.97. The van der Waals surface area contributed by atoms with Crippen LogP contribution < -0.4 is 0 Å². The van der Waals surface area contributed by atoms with Gasteiger partial charge in [0.25, 0.3) is 0 Å². The molecule has 4 aromatic rings. The number of amides is 2. The van der Waals surface area contributed by atoms with Crippen LogP contribution in [0.4, 0.5) is 4.79 Å². The van der Waals surface area contributed by atoms with Crippen molar-refractivity contribution in [2.75, 3.05) is 0 Å². The van der Waals surface area contributed by atoms with Gasteiger partial charge < -0.3 is 4.74 Å². The third-order valence-corrected chi connectivity index (χ3v) is 6.75. The van der Waals surface area contributed by atoms with Gasteiger partial charge in [-0.25, -0.2) is 9.69 Å². The van der Waals surface area contributed by atoms with Gasteiger partial charge in [0.05, 0.1) is 5.92 Å². The van der Waals surface area contributed by atoms with E-state index in [-0.39, 0.29) is 5.91 Å². The summed E-state index contributed by atoms with van der Waals surface area (Å²) >= 11 is 0. The van der Waals surface area contributed by atoms with Crippen molar-refractivity contribution in [3.05, 3.63) is 144 Å². The molecule has 2 atom stereocenters. The molecule has 4 aromatic carbocycles. The van der Waals surface area contributed by atoms with Gasteiger partial charge in [-0.2, -0.15) is 0 Å². The van der Waals surface area contributed by atoms with E-state index in [1.54, 1.807) is 0 Å². The van der Waals surface area contributed by atoms with Gasteiger partial charge in [-0.3, -0.25) is 4.79 Å². The van der Waals surface area contributed by atoms with Crippen LogP contribution in [0.5, 0.6) is 0 Å². The molecular weight excluding hydrogens is 434 g/mol. The Kier molecular flexibility index (Phi) is 6.19. The van der Waals surface area contributed by atoms with Crippen LogP contribution in [0.1, 0.15) is 47.6 Å². The minimum atomic E-state index is -1.19. The standard InChI is InChI=1S/C31H27NO3/c1-2-27(23-15-7-3-8-16-23)29(33)32-28(24-17-9-4-10-18-24)31(35-30(32)34,25-19-11-5-12-20-25)26-21-13-6-14-22-26/h3-22,27-28H,2H2,1H3/t27-,28-/m0/s1. The minimum absolute atomic E-state index is 0.258. The minimum Gasteiger partial charge on any atom is -0.430 e. The molecule has 1 fully saturated rings. The quantitative estimate of drug-likeness (QED) is 0.316. The van der Waals surface area contributed by atoms with Crippen molar-refractivity contribution in [1.82, 2.24) is 4.90 Å². The number of hydrogen-bond acceptors (Lipinski definition) is 3. The Morgan fingerprint density at radius 1 is 0.771 bits per heavy atom. The second-order valence-electron chi connectivity index (χ2n) is 8.73. The van der Waals surface area contributed by atoms with Gasteiger partial charge in [0.2, 0.25) is 5.91 Å². The van der Waals surface area contributed by atoms with Crippen molar-refractivity contribution in [2.45, 2.75) is 30.9 Å². The Morgan fingerprint density at radius 2 is 1.23 bits per heavy atom. The monoisotopic (exact) mass is 461 g/mol. The number of imide groups is 1. The van der Waals surface area contributed by atoms with Crippen LogP contribution in [0.2, 0.25) is 0 Å². The van der Waals surface area contributed by atoms with Gasteiger partial charge in [-0.05, 0) is 17.5 Å². The van der Waals surface area contributed by atoms with Gasteiger partial charge in [-0.1, -0.05) is 128 Å². The topological polar surface area (TPSA) is 46.6 Å². The average molecular weight is 462 g/mol. The molecule has 35 heavy (non-hydrogen) atoms. The number of rotatable bonds is 6.